The molecule has 0 heterocycles. The van der Waals surface area contributed by atoms with Crippen LogP contribution in [0.4, 0.5) is 0 Å². The van der Waals surface area contributed by atoms with Crippen molar-refractivity contribution in [1.82, 2.24) is 0 Å². The Labute approximate surface area is 75.7 Å². The van der Waals surface area contributed by atoms with E-state index < -0.39 is 12.1 Å². The molecule has 0 unspecified atom stereocenters. The summed E-state index contributed by atoms with van der Waals surface area (Å²) in [7, 11) is 0. The first-order valence-electron chi connectivity index (χ1n) is 3.87. The van der Waals surface area contributed by atoms with Crippen LogP contribution in [0.15, 0.2) is 30.3 Å². The fourth-order valence-electron chi connectivity index (χ4n) is 0.988. The van der Waals surface area contributed by atoms with Gasteiger partial charge >= 0.3 is 0 Å². The van der Waals surface area contributed by atoms with Crippen molar-refractivity contribution >= 4 is 0 Å². The Morgan fingerprint density at radius 3 is 2.08 bits per heavy atom. The maximum Gasteiger partial charge on any atom is 0.219 e. The minimum absolute atomic E-state index is 0.217. The lowest BCUT2D eigenvalue weighted by Gasteiger charge is -2.23. The molecule has 1 aromatic carbocycles. The third kappa shape index (κ3) is 2.78. The van der Waals surface area contributed by atoms with Gasteiger partial charge in [-0.3, -0.25) is 0 Å². The molecule has 0 spiro atoms. The van der Waals surface area contributed by atoms with E-state index in [1.165, 1.54) is 0 Å². The predicted molar refractivity (Wildman–Crippen MR) is 45.5 cm³/mol. The molecule has 72 valence electrons. The van der Waals surface area contributed by atoms with E-state index >= 15 is 0 Å². The molecule has 13 heavy (non-hydrogen) atoms. The lowest BCUT2D eigenvalue weighted by atomic mass is 10.1. The van der Waals surface area contributed by atoms with E-state index in [2.05, 4.69) is 0 Å². The number of aliphatic hydroxyl groups is 4. The van der Waals surface area contributed by atoms with Crippen molar-refractivity contribution in [2.45, 2.75) is 18.5 Å². The molecule has 0 saturated heterocycles. The van der Waals surface area contributed by atoms with Gasteiger partial charge in [0.25, 0.3) is 0 Å². The minimum atomic E-state index is -2.48. The average molecular weight is 184 g/mol. The van der Waals surface area contributed by atoms with Crippen LogP contribution in [0.2, 0.25) is 0 Å². The molecule has 0 aliphatic heterocycles. The summed E-state index contributed by atoms with van der Waals surface area (Å²) in [6.45, 7) is 0. The number of aliphatic hydroxyl groups excluding tert-OH is 1. The molecule has 0 saturated carbocycles. The van der Waals surface area contributed by atoms with Crippen molar-refractivity contribution in [3.05, 3.63) is 35.9 Å². The van der Waals surface area contributed by atoms with Crippen LogP contribution in [0.5, 0.6) is 0 Å². The Morgan fingerprint density at radius 1 is 1.08 bits per heavy atom. The first kappa shape index (κ1) is 10.1. The molecule has 0 atom stereocenters. The number of rotatable bonds is 3. The smallest absolute Gasteiger partial charge is 0.219 e. The van der Waals surface area contributed by atoms with Crippen LogP contribution >= 0.6 is 0 Å². The summed E-state index contributed by atoms with van der Waals surface area (Å²) in [5, 5.41) is 35.4. The van der Waals surface area contributed by atoms with Crippen molar-refractivity contribution in [3.63, 3.8) is 0 Å². The van der Waals surface area contributed by atoms with Crippen LogP contribution in [0.1, 0.15) is 5.56 Å². The summed E-state index contributed by atoms with van der Waals surface area (Å²) in [5.74, 6) is -2.48. The molecule has 4 nitrogen and oxygen atoms in total. The van der Waals surface area contributed by atoms with Gasteiger partial charge in [-0.1, -0.05) is 30.3 Å². The molecule has 0 bridgehead atoms. The molecular formula is C9H12O4. The quantitative estimate of drug-likeness (QED) is 0.464. The zero-order chi connectivity index (χ0) is 9.90. The van der Waals surface area contributed by atoms with Gasteiger partial charge in [-0.15, -0.1) is 0 Å². The number of benzene rings is 1. The number of hydrogen-bond donors (Lipinski definition) is 4. The van der Waals surface area contributed by atoms with Gasteiger partial charge in [-0.05, 0) is 5.56 Å². The van der Waals surface area contributed by atoms with Crippen molar-refractivity contribution < 1.29 is 20.4 Å². The highest BCUT2D eigenvalue weighted by molar-refractivity contribution is 5.16. The highest BCUT2D eigenvalue weighted by Crippen LogP contribution is 2.12. The van der Waals surface area contributed by atoms with Crippen LogP contribution < -0.4 is 0 Å². The standard InChI is InChI=1S/C9H12O4/c10-8(11)9(12,13)6-7-4-2-1-3-5-7/h1-5,8,10-13H,6H2. The maximum absolute atomic E-state index is 9.10. The average Bonchev–Trinajstić information content (AvgIpc) is 2.05. The van der Waals surface area contributed by atoms with E-state index in [0.717, 1.165) is 0 Å². The first-order valence-corrected chi connectivity index (χ1v) is 3.87. The van der Waals surface area contributed by atoms with E-state index in [1.807, 2.05) is 0 Å². The SMILES string of the molecule is OC(O)C(O)(O)Cc1ccccc1. The Hall–Kier alpha value is -0.940. The highest BCUT2D eigenvalue weighted by atomic mass is 16.6. The summed E-state index contributed by atoms with van der Waals surface area (Å²) < 4.78 is 0. The Kier molecular flexibility index (Phi) is 3.00. The van der Waals surface area contributed by atoms with Gasteiger partial charge < -0.3 is 20.4 Å². The third-order valence-corrected chi connectivity index (χ3v) is 1.72. The monoisotopic (exact) mass is 184 g/mol. The fourth-order valence-corrected chi connectivity index (χ4v) is 0.988. The minimum Gasteiger partial charge on any atom is -0.364 e. The van der Waals surface area contributed by atoms with E-state index in [9.17, 15) is 0 Å². The summed E-state index contributed by atoms with van der Waals surface area (Å²) in [5.41, 5.74) is 0.626. The maximum atomic E-state index is 9.10. The molecule has 1 rings (SSSR count). The van der Waals surface area contributed by atoms with Crippen LogP contribution in [-0.2, 0) is 6.42 Å². The van der Waals surface area contributed by atoms with Crippen LogP contribution in [0.25, 0.3) is 0 Å². The van der Waals surface area contributed by atoms with Gasteiger partial charge in [0, 0.05) is 6.42 Å². The molecular weight excluding hydrogens is 172 g/mol. The predicted octanol–water partition coefficient (Wildman–Crippen LogP) is -0.779. The van der Waals surface area contributed by atoms with Gasteiger partial charge in [0.05, 0.1) is 0 Å². The molecule has 0 fully saturated rings. The molecule has 0 aliphatic rings. The summed E-state index contributed by atoms with van der Waals surface area (Å²) >= 11 is 0. The molecule has 0 amide bonds. The first-order chi connectivity index (χ1) is 6.02. The largest absolute Gasteiger partial charge is 0.364 e. The summed E-state index contributed by atoms with van der Waals surface area (Å²) in [6, 6.07) is 8.59. The second-order valence-corrected chi connectivity index (χ2v) is 2.91. The molecule has 4 heteroatoms. The van der Waals surface area contributed by atoms with E-state index in [-0.39, 0.29) is 6.42 Å². The van der Waals surface area contributed by atoms with Crippen molar-refractivity contribution in [3.8, 4) is 0 Å². The van der Waals surface area contributed by atoms with E-state index in [0.29, 0.717) is 5.56 Å². The van der Waals surface area contributed by atoms with Gasteiger partial charge in [0.1, 0.15) is 0 Å². The Morgan fingerprint density at radius 2 is 1.62 bits per heavy atom. The van der Waals surface area contributed by atoms with Gasteiger partial charge in [-0.25, -0.2) is 0 Å². The van der Waals surface area contributed by atoms with Crippen LogP contribution in [0.3, 0.4) is 0 Å². The molecule has 0 aliphatic carbocycles. The zero-order valence-electron chi connectivity index (χ0n) is 6.96. The molecule has 0 radical (unpaired) electrons. The highest BCUT2D eigenvalue weighted by Gasteiger charge is 2.31. The van der Waals surface area contributed by atoms with Crippen LogP contribution in [-0.4, -0.2) is 32.5 Å². The Balaban J connectivity index is 2.69. The summed E-state index contributed by atoms with van der Waals surface area (Å²) in [4.78, 5) is 0. The van der Waals surface area contributed by atoms with E-state index in [1.54, 1.807) is 30.3 Å². The van der Waals surface area contributed by atoms with Gasteiger partial charge in [-0.2, -0.15) is 0 Å². The fraction of sp³-hybridized carbons (Fsp3) is 0.333. The second kappa shape index (κ2) is 3.85. The zero-order valence-corrected chi connectivity index (χ0v) is 6.96. The number of hydrogen-bond acceptors (Lipinski definition) is 4. The van der Waals surface area contributed by atoms with Gasteiger partial charge in [0.2, 0.25) is 12.1 Å². The molecule has 0 aromatic heterocycles. The van der Waals surface area contributed by atoms with Gasteiger partial charge in [0.15, 0.2) is 0 Å². The summed E-state index contributed by atoms with van der Waals surface area (Å²) in [6.07, 6.45) is -2.38. The van der Waals surface area contributed by atoms with Crippen LogP contribution in [0, 0.1) is 0 Å². The van der Waals surface area contributed by atoms with E-state index in [4.69, 9.17) is 20.4 Å². The Bertz CT molecular complexity index is 256. The van der Waals surface area contributed by atoms with Crippen molar-refractivity contribution in [1.29, 1.82) is 0 Å². The lowest BCUT2D eigenvalue weighted by Crippen LogP contribution is -2.44. The molecule has 4 N–H and O–H groups in total. The second-order valence-electron chi connectivity index (χ2n) is 2.91. The molecule has 1 aromatic rings. The lowest BCUT2D eigenvalue weighted by molar-refractivity contribution is -0.288. The third-order valence-electron chi connectivity index (χ3n) is 1.72. The van der Waals surface area contributed by atoms with Crippen molar-refractivity contribution in [2.75, 3.05) is 0 Å². The van der Waals surface area contributed by atoms with Crippen molar-refractivity contribution in [2.24, 2.45) is 0 Å². The topological polar surface area (TPSA) is 80.9 Å². The normalized spacial score (nSPS) is 12.1.